The van der Waals surface area contributed by atoms with Gasteiger partial charge in [0.2, 0.25) is 0 Å². The van der Waals surface area contributed by atoms with Gasteiger partial charge < -0.3 is 15.7 Å². The summed E-state index contributed by atoms with van der Waals surface area (Å²) in [6, 6.07) is 0.408. The Labute approximate surface area is 109 Å². The third-order valence-electron chi connectivity index (χ3n) is 4.08. The number of nitrogens with one attached hydrogen (secondary N) is 2. The van der Waals surface area contributed by atoms with E-state index in [1.807, 2.05) is 0 Å². The Morgan fingerprint density at radius 3 is 2.89 bits per heavy atom. The number of carbonyl (C=O) groups is 1. The predicted octanol–water partition coefficient (Wildman–Crippen LogP) is 1.39. The van der Waals surface area contributed by atoms with Crippen molar-refractivity contribution in [2.45, 2.75) is 38.1 Å². The Bertz CT molecular complexity index is 304. The highest BCUT2D eigenvalue weighted by molar-refractivity contribution is 5.70. The van der Waals surface area contributed by atoms with E-state index in [1.54, 1.807) is 0 Å². The molecule has 2 rings (SSSR count). The van der Waals surface area contributed by atoms with Crippen LogP contribution in [0, 0.1) is 11.8 Å². The highest BCUT2D eigenvalue weighted by atomic mass is 16.4. The summed E-state index contributed by atoms with van der Waals surface area (Å²) in [4.78, 5) is 11.2. The highest BCUT2D eigenvalue weighted by Crippen LogP contribution is 2.29. The minimum atomic E-state index is -0.614. The van der Waals surface area contributed by atoms with E-state index >= 15 is 0 Å². The molecule has 3 atom stereocenters. The van der Waals surface area contributed by atoms with E-state index in [0.29, 0.717) is 12.0 Å². The Morgan fingerprint density at radius 1 is 1.33 bits per heavy atom. The van der Waals surface area contributed by atoms with Gasteiger partial charge in [-0.05, 0) is 38.3 Å². The SMILES string of the molecule is O=C(O)C1CCCCC1CNCC1C=CCCN1. The Morgan fingerprint density at radius 2 is 2.17 bits per heavy atom. The zero-order chi connectivity index (χ0) is 12.8. The summed E-state index contributed by atoms with van der Waals surface area (Å²) in [5.74, 6) is -0.442. The molecule has 1 aliphatic carbocycles. The van der Waals surface area contributed by atoms with E-state index in [0.717, 1.165) is 45.3 Å². The van der Waals surface area contributed by atoms with Crippen LogP contribution in [0.5, 0.6) is 0 Å². The third-order valence-corrected chi connectivity index (χ3v) is 4.08. The fraction of sp³-hybridized carbons (Fsp3) is 0.786. The maximum absolute atomic E-state index is 11.2. The van der Waals surface area contributed by atoms with Crippen LogP contribution in [-0.2, 0) is 4.79 Å². The van der Waals surface area contributed by atoms with Gasteiger partial charge in [-0.25, -0.2) is 0 Å². The molecule has 1 saturated carbocycles. The first-order valence-electron chi connectivity index (χ1n) is 7.11. The quantitative estimate of drug-likeness (QED) is 0.647. The lowest BCUT2D eigenvalue weighted by atomic mass is 9.79. The Balaban J connectivity index is 1.72. The van der Waals surface area contributed by atoms with Crippen molar-refractivity contribution in [1.82, 2.24) is 10.6 Å². The molecule has 3 N–H and O–H groups in total. The summed E-state index contributed by atoms with van der Waals surface area (Å²) < 4.78 is 0. The summed E-state index contributed by atoms with van der Waals surface area (Å²) in [6.45, 7) is 2.78. The van der Waals surface area contributed by atoms with Crippen molar-refractivity contribution in [3.05, 3.63) is 12.2 Å². The fourth-order valence-electron chi connectivity index (χ4n) is 3.02. The van der Waals surface area contributed by atoms with E-state index < -0.39 is 5.97 Å². The van der Waals surface area contributed by atoms with Gasteiger partial charge >= 0.3 is 5.97 Å². The van der Waals surface area contributed by atoms with Gasteiger partial charge in [-0.2, -0.15) is 0 Å². The number of hydrogen-bond acceptors (Lipinski definition) is 3. The molecule has 0 amide bonds. The van der Waals surface area contributed by atoms with Gasteiger partial charge in [0.15, 0.2) is 0 Å². The van der Waals surface area contributed by atoms with E-state index in [-0.39, 0.29) is 5.92 Å². The van der Waals surface area contributed by atoms with Crippen LogP contribution >= 0.6 is 0 Å². The van der Waals surface area contributed by atoms with Gasteiger partial charge in [-0.15, -0.1) is 0 Å². The molecule has 3 unspecified atom stereocenters. The Kier molecular flexibility index (Phi) is 5.20. The monoisotopic (exact) mass is 252 g/mol. The molecule has 0 saturated heterocycles. The molecular weight excluding hydrogens is 228 g/mol. The average Bonchev–Trinajstić information content (AvgIpc) is 2.40. The molecule has 0 aromatic rings. The maximum atomic E-state index is 11.2. The van der Waals surface area contributed by atoms with Crippen LogP contribution in [0.3, 0.4) is 0 Å². The lowest BCUT2D eigenvalue weighted by molar-refractivity contribution is -0.144. The van der Waals surface area contributed by atoms with E-state index in [1.165, 1.54) is 6.42 Å². The van der Waals surface area contributed by atoms with Crippen LogP contribution in [0.25, 0.3) is 0 Å². The van der Waals surface area contributed by atoms with Crippen molar-refractivity contribution in [3.8, 4) is 0 Å². The summed E-state index contributed by atoms with van der Waals surface area (Å²) in [5, 5.41) is 16.1. The number of hydrogen-bond donors (Lipinski definition) is 3. The molecule has 1 heterocycles. The molecule has 1 fully saturated rings. The molecule has 1 aliphatic heterocycles. The molecule has 0 spiro atoms. The van der Waals surface area contributed by atoms with Gasteiger partial charge in [0.1, 0.15) is 0 Å². The topological polar surface area (TPSA) is 61.4 Å². The van der Waals surface area contributed by atoms with Gasteiger partial charge in [0.05, 0.1) is 5.92 Å². The zero-order valence-electron chi connectivity index (χ0n) is 10.9. The molecule has 0 aromatic carbocycles. The minimum Gasteiger partial charge on any atom is -0.481 e. The smallest absolute Gasteiger partial charge is 0.306 e. The lowest BCUT2D eigenvalue weighted by Gasteiger charge is -2.29. The second-order valence-electron chi connectivity index (χ2n) is 5.42. The summed E-state index contributed by atoms with van der Waals surface area (Å²) in [7, 11) is 0. The van der Waals surface area contributed by atoms with Crippen molar-refractivity contribution in [2.24, 2.45) is 11.8 Å². The molecule has 102 valence electrons. The number of carboxylic acid groups (broad SMARTS) is 1. The van der Waals surface area contributed by atoms with Crippen LogP contribution in [0.1, 0.15) is 32.1 Å². The summed E-state index contributed by atoms with van der Waals surface area (Å²) in [6.07, 6.45) is 9.68. The van der Waals surface area contributed by atoms with Crippen LogP contribution in [-0.4, -0.2) is 36.8 Å². The molecule has 2 aliphatic rings. The van der Waals surface area contributed by atoms with E-state index in [2.05, 4.69) is 22.8 Å². The molecule has 18 heavy (non-hydrogen) atoms. The van der Waals surface area contributed by atoms with Crippen LogP contribution < -0.4 is 10.6 Å². The van der Waals surface area contributed by atoms with Crippen molar-refractivity contribution < 1.29 is 9.90 Å². The standard InChI is InChI=1S/C14H24N2O2/c17-14(18)13-7-2-1-5-11(13)9-15-10-12-6-3-4-8-16-12/h3,6,11-13,15-16H,1-2,4-5,7-10H2,(H,17,18). The molecular formula is C14H24N2O2. The highest BCUT2D eigenvalue weighted by Gasteiger charge is 2.30. The van der Waals surface area contributed by atoms with Crippen molar-refractivity contribution in [1.29, 1.82) is 0 Å². The first-order chi connectivity index (χ1) is 8.77. The molecule has 0 bridgehead atoms. The van der Waals surface area contributed by atoms with Crippen LogP contribution in [0.15, 0.2) is 12.2 Å². The van der Waals surface area contributed by atoms with Crippen molar-refractivity contribution in [3.63, 3.8) is 0 Å². The Hall–Kier alpha value is -0.870. The first kappa shape index (κ1) is 13.6. The number of rotatable bonds is 5. The molecule has 4 heteroatoms. The number of carboxylic acids is 1. The van der Waals surface area contributed by atoms with Crippen LogP contribution in [0.4, 0.5) is 0 Å². The lowest BCUT2D eigenvalue weighted by Crippen LogP contribution is -2.42. The third kappa shape index (κ3) is 3.82. The van der Waals surface area contributed by atoms with Crippen LogP contribution in [0.2, 0.25) is 0 Å². The second-order valence-corrected chi connectivity index (χ2v) is 5.42. The summed E-state index contributed by atoms with van der Waals surface area (Å²) >= 11 is 0. The minimum absolute atomic E-state index is 0.138. The number of aliphatic carboxylic acids is 1. The van der Waals surface area contributed by atoms with E-state index in [9.17, 15) is 9.90 Å². The molecule has 4 nitrogen and oxygen atoms in total. The fourth-order valence-corrected chi connectivity index (χ4v) is 3.02. The van der Waals surface area contributed by atoms with Gasteiger partial charge in [0, 0.05) is 12.6 Å². The predicted molar refractivity (Wildman–Crippen MR) is 71.5 cm³/mol. The van der Waals surface area contributed by atoms with Crippen molar-refractivity contribution in [2.75, 3.05) is 19.6 Å². The zero-order valence-corrected chi connectivity index (χ0v) is 10.9. The largest absolute Gasteiger partial charge is 0.481 e. The van der Waals surface area contributed by atoms with Gasteiger partial charge in [-0.1, -0.05) is 25.0 Å². The second kappa shape index (κ2) is 6.90. The maximum Gasteiger partial charge on any atom is 0.306 e. The van der Waals surface area contributed by atoms with Crippen molar-refractivity contribution >= 4 is 5.97 Å². The van der Waals surface area contributed by atoms with Gasteiger partial charge in [0.25, 0.3) is 0 Å². The van der Waals surface area contributed by atoms with E-state index in [4.69, 9.17) is 0 Å². The van der Waals surface area contributed by atoms with Gasteiger partial charge in [-0.3, -0.25) is 4.79 Å². The normalized spacial score (nSPS) is 32.3. The molecule has 0 radical (unpaired) electrons. The summed E-state index contributed by atoms with van der Waals surface area (Å²) in [5.41, 5.74) is 0. The average molecular weight is 252 g/mol. The molecule has 0 aromatic heterocycles. The first-order valence-corrected chi connectivity index (χ1v) is 7.11.